The molecule has 1 heterocycles. The van der Waals surface area contributed by atoms with Crippen LogP contribution in [0, 0.1) is 5.41 Å². The molecule has 0 fully saturated rings. The van der Waals surface area contributed by atoms with E-state index in [1.54, 1.807) is 0 Å². The Morgan fingerprint density at radius 2 is 1.23 bits per heavy atom. The second-order valence-corrected chi connectivity index (χ2v) is 10.9. The van der Waals surface area contributed by atoms with Crippen molar-refractivity contribution in [2.24, 2.45) is 5.41 Å². The van der Waals surface area contributed by atoms with Crippen molar-refractivity contribution < 1.29 is 0 Å². The summed E-state index contributed by atoms with van der Waals surface area (Å²) < 4.78 is 0. The SMILES string of the molecule is CC(C)(C)c1ccc(C(c2ccc3ccc4cccc5ccc2c3c45)C(C)(C)C)[nH]1. The van der Waals surface area contributed by atoms with Gasteiger partial charge in [0.2, 0.25) is 0 Å². The summed E-state index contributed by atoms with van der Waals surface area (Å²) in [6.45, 7) is 13.9. The average molecular weight is 394 g/mol. The largest absolute Gasteiger partial charge is 0.361 e. The number of aromatic nitrogens is 1. The van der Waals surface area contributed by atoms with Crippen molar-refractivity contribution in [2.45, 2.75) is 52.9 Å². The van der Waals surface area contributed by atoms with Crippen molar-refractivity contribution in [3.63, 3.8) is 0 Å². The Bertz CT molecular complexity index is 1340. The highest BCUT2D eigenvalue weighted by atomic mass is 14.8. The highest BCUT2D eigenvalue weighted by Crippen LogP contribution is 2.46. The Labute approximate surface area is 179 Å². The molecule has 0 saturated heterocycles. The Kier molecular flexibility index (Phi) is 4.06. The van der Waals surface area contributed by atoms with Gasteiger partial charge in [-0.1, -0.05) is 96.1 Å². The predicted octanol–water partition coefficient (Wildman–Crippen LogP) is 8.39. The van der Waals surface area contributed by atoms with Crippen LogP contribution in [0.2, 0.25) is 0 Å². The molecule has 1 heteroatoms. The molecule has 1 N–H and O–H groups in total. The number of rotatable bonds is 2. The molecule has 4 aromatic carbocycles. The van der Waals surface area contributed by atoms with Crippen molar-refractivity contribution in [2.75, 3.05) is 0 Å². The molecule has 5 aromatic rings. The fraction of sp³-hybridized carbons (Fsp3) is 0.310. The van der Waals surface area contributed by atoms with Gasteiger partial charge in [0.05, 0.1) is 0 Å². The summed E-state index contributed by atoms with van der Waals surface area (Å²) in [5.41, 5.74) is 4.22. The summed E-state index contributed by atoms with van der Waals surface area (Å²) in [6, 6.07) is 25.0. The fourth-order valence-corrected chi connectivity index (χ4v) is 5.13. The van der Waals surface area contributed by atoms with Gasteiger partial charge in [-0.3, -0.25) is 0 Å². The first-order valence-electron chi connectivity index (χ1n) is 11.0. The lowest BCUT2D eigenvalue weighted by atomic mass is 9.73. The van der Waals surface area contributed by atoms with Crippen LogP contribution in [0.1, 0.15) is 64.4 Å². The molecule has 1 atom stereocenters. The van der Waals surface area contributed by atoms with Crippen LogP contribution in [0.4, 0.5) is 0 Å². The number of nitrogens with one attached hydrogen (secondary N) is 1. The summed E-state index contributed by atoms with van der Waals surface area (Å²) in [5.74, 6) is 0.290. The first kappa shape index (κ1) is 19.2. The third-order valence-electron chi connectivity index (χ3n) is 6.57. The quantitative estimate of drug-likeness (QED) is 0.290. The van der Waals surface area contributed by atoms with Crippen LogP contribution in [0.5, 0.6) is 0 Å². The van der Waals surface area contributed by atoms with Crippen LogP contribution in [0.15, 0.2) is 66.7 Å². The maximum Gasteiger partial charge on any atom is 0.0295 e. The maximum absolute atomic E-state index is 3.79. The molecule has 1 nitrogen and oxygen atoms in total. The molecule has 0 saturated carbocycles. The lowest BCUT2D eigenvalue weighted by Gasteiger charge is -2.32. The second kappa shape index (κ2) is 6.35. The number of benzene rings is 4. The molecular formula is C29H31N. The molecular weight excluding hydrogens is 362 g/mol. The highest BCUT2D eigenvalue weighted by Gasteiger charge is 2.31. The van der Waals surface area contributed by atoms with E-state index < -0.39 is 0 Å². The van der Waals surface area contributed by atoms with E-state index in [1.165, 1.54) is 49.3 Å². The molecule has 152 valence electrons. The third-order valence-corrected chi connectivity index (χ3v) is 6.57. The molecule has 5 rings (SSSR count). The van der Waals surface area contributed by atoms with Crippen LogP contribution in [-0.2, 0) is 5.41 Å². The van der Waals surface area contributed by atoms with E-state index in [0.29, 0.717) is 0 Å². The van der Waals surface area contributed by atoms with Gasteiger partial charge >= 0.3 is 0 Å². The van der Waals surface area contributed by atoms with Gasteiger partial charge in [0.1, 0.15) is 0 Å². The second-order valence-electron chi connectivity index (χ2n) is 10.9. The molecule has 1 aromatic heterocycles. The van der Waals surface area contributed by atoms with E-state index in [9.17, 15) is 0 Å². The standard InChI is InChI=1S/C29H31N/c1-28(2,3)24-17-16-23(30-24)27(29(4,5)6)22-15-13-20-11-10-18-8-7-9-19-12-14-21(22)26(20)25(18)19/h7-17,27,30H,1-6H3. The first-order valence-corrected chi connectivity index (χ1v) is 11.0. The molecule has 30 heavy (non-hydrogen) atoms. The Balaban J connectivity index is 1.82. The van der Waals surface area contributed by atoms with Crippen molar-refractivity contribution in [1.82, 2.24) is 4.98 Å². The van der Waals surface area contributed by atoms with Crippen molar-refractivity contribution in [3.8, 4) is 0 Å². The topological polar surface area (TPSA) is 15.8 Å². The lowest BCUT2D eigenvalue weighted by molar-refractivity contribution is 0.354. The number of H-pyrrole nitrogens is 1. The van der Waals surface area contributed by atoms with Gasteiger partial charge in [0.15, 0.2) is 0 Å². The Morgan fingerprint density at radius 1 is 0.633 bits per heavy atom. The van der Waals surface area contributed by atoms with Crippen molar-refractivity contribution in [1.29, 1.82) is 0 Å². The first-order chi connectivity index (χ1) is 14.1. The molecule has 0 spiro atoms. The summed E-state index contributed by atoms with van der Waals surface area (Å²) in [4.78, 5) is 3.79. The molecule has 0 radical (unpaired) electrons. The summed E-state index contributed by atoms with van der Waals surface area (Å²) >= 11 is 0. The predicted molar refractivity (Wildman–Crippen MR) is 131 cm³/mol. The summed E-state index contributed by atoms with van der Waals surface area (Å²) in [5, 5.41) is 8.15. The number of hydrogen-bond acceptors (Lipinski definition) is 0. The van der Waals surface area contributed by atoms with Crippen LogP contribution in [0.25, 0.3) is 32.3 Å². The van der Waals surface area contributed by atoms with Gasteiger partial charge in [-0.05, 0) is 55.4 Å². The number of hydrogen-bond donors (Lipinski definition) is 1. The smallest absolute Gasteiger partial charge is 0.0295 e. The fourth-order valence-electron chi connectivity index (χ4n) is 5.13. The summed E-state index contributed by atoms with van der Waals surface area (Å²) in [7, 11) is 0. The molecule has 0 aliphatic heterocycles. The molecule has 0 aliphatic carbocycles. The van der Waals surface area contributed by atoms with E-state index in [-0.39, 0.29) is 16.7 Å². The minimum absolute atomic E-state index is 0.0862. The zero-order valence-electron chi connectivity index (χ0n) is 18.9. The van der Waals surface area contributed by atoms with E-state index in [2.05, 4.69) is 113 Å². The highest BCUT2D eigenvalue weighted by molar-refractivity contribution is 6.23. The molecule has 0 aliphatic rings. The minimum atomic E-state index is 0.0862. The van der Waals surface area contributed by atoms with Gasteiger partial charge in [0, 0.05) is 22.7 Å². The van der Waals surface area contributed by atoms with E-state index >= 15 is 0 Å². The van der Waals surface area contributed by atoms with Gasteiger partial charge in [-0.15, -0.1) is 0 Å². The molecule has 1 unspecified atom stereocenters. The Hall–Kier alpha value is -2.80. The van der Waals surface area contributed by atoms with Gasteiger partial charge in [-0.25, -0.2) is 0 Å². The van der Waals surface area contributed by atoms with Crippen LogP contribution in [0.3, 0.4) is 0 Å². The van der Waals surface area contributed by atoms with E-state index in [4.69, 9.17) is 0 Å². The summed E-state index contributed by atoms with van der Waals surface area (Å²) in [6.07, 6.45) is 0. The molecule has 0 amide bonds. The zero-order chi connectivity index (χ0) is 21.3. The average Bonchev–Trinajstić information content (AvgIpc) is 3.16. The molecule has 0 bridgehead atoms. The van der Waals surface area contributed by atoms with Crippen molar-refractivity contribution >= 4 is 32.3 Å². The number of aromatic amines is 1. The van der Waals surface area contributed by atoms with Crippen LogP contribution < -0.4 is 0 Å². The van der Waals surface area contributed by atoms with E-state index in [0.717, 1.165) is 0 Å². The normalized spacial score (nSPS) is 14.2. The zero-order valence-corrected chi connectivity index (χ0v) is 18.9. The third kappa shape index (κ3) is 2.91. The lowest BCUT2D eigenvalue weighted by Crippen LogP contribution is -2.21. The van der Waals surface area contributed by atoms with Crippen LogP contribution in [-0.4, -0.2) is 4.98 Å². The van der Waals surface area contributed by atoms with Gasteiger partial charge in [0.25, 0.3) is 0 Å². The maximum atomic E-state index is 3.79. The van der Waals surface area contributed by atoms with Gasteiger partial charge < -0.3 is 4.98 Å². The minimum Gasteiger partial charge on any atom is -0.361 e. The van der Waals surface area contributed by atoms with Crippen molar-refractivity contribution in [3.05, 3.63) is 83.7 Å². The van der Waals surface area contributed by atoms with E-state index in [1.807, 2.05) is 0 Å². The monoisotopic (exact) mass is 393 g/mol. The Morgan fingerprint density at radius 3 is 1.83 bits per heavy atom. The van der Waals surface area contributed by atoms with Crippen LogP contribution >= 0.6 is 0 Å². The van der Waals surface area contributed by atoms with Gasteiger partial charge in [-0.2, -0.15) is 0 Å².